The topological polar surface area (TPSA) is 22.3 Å². The molecule has 158 valence electrons. The predicted molar refractivity (Wildman–Crippen MR) is 130 cm³/mol. The summed E-state index contributed by atoms with van der Waals surface area (Å²) in [6.07, 6.45) is 2.23. The molecule has 0 unspecified atom stereocenters. The van der Waals surface area contributed by atoms with E-state index in [1.54, 1.807) is 0 Å². The number of fused-ring (bicyclic) bond motifs is 1. The van der Waals surface area contributed by atoms with Gasteiger partial charge in [-0.25, -0.2) is 0 Å². The average Bonchev–Trinajstić information content (AvgIpc) is 3.22. The highest BCUT2D eigenvalue weighted by Crippen LogP contribution is 2.30. The van der Waals surface area contributed by atoms with E-state index in [-0.39, 0.29) is 0 Å². The summed E-state index contributed by atoms with van der Waals surface area (Å²) in [5, 5.41) is 1.36. The maximum atomic E-state index is 3.68. The molecule has 2 heterocycles. The number of hydrogen-bond acceptors (Lipinski definition) is 2. The first-order valence-corrected chi connectivity index (χ1v) is 11.5. The van der Waals surface area contributed by atoms with Gasteiger partial charge in [0, 0.05) is 55.9 Å². The van der Waals surface area contributed by atoms with Gasteiger partial charge < -0.3 is 14.8 Å². The molecule has 1 fully saturated rings. The van der Waals surface area contributed by atoms with Crippen LogP contribution in [0.25, 0.3) is 22.2 Å². The highest BCUT2D eigenvalue weighted by Gasteiger charge is 2.18. The van der Waals surface area contributed by atoms with Crippen molar-refractivity contribution in [2.75, 3.05) is 39.3 Å². The van der Waals surface area contributed by atoms with Gasteiger partial charge >= 0.3 is 0 Å². The second-order valence-corrected chi connectivity index (χ2v) is 8.56. The zero-order valence-corrected chi connectivity index (χ0v) is 18.1. The molecule has 0 atom stereocenters. The van der Waals surface area contributed by atoms with Crippen LogP contribution in [0.3, 0.4) is 0 Å². The summed E-state index contributed by atoms with van der Waals surface area (Å²) in [4.78, 5) is 8.93. The van der Waals surface area contributed by atoms with Crippen LogP contribution in [-0.2, 0) is 12.8 Å². The van der Waals surface area contributed by atoms with Crippen LogP contribution in [0.4, 0.5) is 0 Å². The van der Waals surface area contributed by atoms with Gasteiger partial charge in [0.1, 0.15) is 0 Å². The number of benzene rings is 3. The van der Waals surface area contributed by atoms with Gasteiger partial charge in [0.2, 0.25) is 0 Å². The SMILES string of the molecule is c1ccc(CCN2CCN(CCc3c(-c4ccccc4)[nH]c4ccccc34)CC2)cc1. The van der Waals surface area contributed by atoms with Crippen LogP contribution in [0.5, 0.6) is 0 Å². The van der Waals surface area contributed by atoms with E-state index < -0.39 is 0 Å². The van der Waals surface area contributed by atoms with Crippen molar-refractivity contribution >= 4 is 10.9 Å². The lowest BCUT2D eigenvalue weighted by molar-refractivity contribution is 0.135. The normalized spacial score (nSPS) is 15.5. The molecule has 0 aliphatic carbocycles. The van der Waals surface area contributed by atoms with Crippen molar-refractivity contribution in [3.63, 3.8) is 0 Å². The zero-order chi connectivity index (χ0) is 20.9. The maximum absolute atomic E-state index is 3.68. The van der Waals surface area contributed by atoms with Crippen LogP contribution in [-0.4, -0.2) is 54.1 Å². The van der Waals surface area contributed by atoms with Gasteiger partial charge in [0.25, 0.3) is 0 Å². The third-order valence-corrected chi connectivity index (χ3v) is 6.58. The fourth-order valence-corrected chi connectivity index (χ4v) is 4.75. The predicted octanol–water partition coefficient (Wildman–Crippen LogP) is 5.24. The van der Waals surface area contributed by atoms with Gasteiger partial charge in [-0.1, -0.05) is 78.9 Å². The van der Waals surface area contributed by atoms with E-state index in [1.165, 1.54) is 52.9 Å². The molecule has 0 amide bonds. The van der Waals surface area contributed by atoms with Gasteiger partial charge in [-0.15, -0.1) is 0 Å². The van der Waals surface area contributed by atoms with Crippen molar-refractivity contribution in [2.45, 2.75) is 12.8 Å². The van der Waals surface area contributed by atoms with Gasteiger partial charge in [-0.05, 0) is 35.6 Å². The van der Waals surface area contributed by atoms with Crippen LogP contribution >= 0.6 is 0 Å². The first-order chi connectivity index (χ1) is 15.4. The van der Waals surface area contributed by atoms with Gasteiger partial charge in [0.15, 0.2) is 0 Å². The first-order valence-electron chi connectivity index (χ1n) is 11.5. The Balaban J connectivity index is 1.21. The minimum absolute atomic E-state index is 1.08. The second kappa shape index (κ2) is 9.51. The summed E-state index contributed by atoms with van der Waals surface area (Å²) in [7, 11) is 0. The number of piperazine rings is 1. The smallest absolute Gasteiger partial charge is 0.0497 e. The van der Waals surface area contributed by atoms with E-state index in [4.69, 9.17) is 0 Å². The minimum atomic E-state index is 1.08. The number of rotatable bonds is 7. The third kappa shape index (κ3) is 4.73. The Morgan fingerprint density at radius 1 is 0.613 bits per heavy atom. The largest absolute Gasteiger partial charge is 0.354 e. The standard InChI is InChI=1S/C28H31N3/c1-3-9-23(10-4-1)15-17-30-19-21-31(22-20-30)18-16-26-25-13-7-8-14-27(25)29-28(26)24-11-5-2-6-12-24/h1-14,29H,15-22H2. The monoisotopic (exact) mass is 409 g/mol. The fraction of sp³-hybridized carbons (Fsp3) is 0.286. The van der Waals surface area contributed by atoms with Crippen LogP contribution in [0, 0.1) is 0 Å². The summed E-state index contributed by atoms with van der Waals surface area (Å²) in [6, 6.07) is 30.3. The number of nitrogens with zero attached hydrogens (tertiary/aromatic N) is 2. The van der Waals surface area contributed by atoms with Crippen molar-refractivity contribution in [3.8, 4) is 11.3 Å². The van der Waals surface area contributed by atoms with Crippen LogP contribution in [0.1, 0.15) is 11.1 Å². The summed E-state index contributed by atoms with van der Waals surface area (Å²) in [5.41, 5.74) is 6.69. The highest BCUT2D eigenvalue weighted by molar-refractivity contribution is 5.90. The van der Waals surface area contributed by atoms with E-state index in [1.807, 2.05) is 0 Å². The second-order valence-electron chi connectivity index (χ2n) is 8.56. The van der Waals surface area contributed by atoms with E-state index >= 15 is 0 Å². The Morgan fingerprint density at radius 3 is 1.90 bits per heavy atom. The molecule has 5 rings (SSSR count). The quantitative estimate of drug-likeness (QED) is 0.451. The Morgan fingerprint density at radius 2 is 1.19 bits per heavy atom. The van der Waals surface area contributed by atoms with Crippen molar-refractivity contribution in [1.82, 2.24) is 14.8 Å². The molecule has 4 aromatic rings. The lowest BCUT2D eigenvalue weighted by atomic mass is 10.0. The number of aromatic nitrogens is 1. The molecule has 1 saturated heterocycles. The summed E-state index contributed by atoms with van der Waals surface area (Å²) in [6.45, 7) is 6.96. The van der Waals surface area contributed by atoms with Gasteiger partial charge in [0.05, 0.1) is 0 Å². The molecule has 1 N–H and O–H groups in total. The average molecular weight is 410 g/mol. The lowest BCUT2D eigenvalue weighted by Gasteiger charge is -2.34. The fourth-order valence-electron chi connectivity index (χ4n) is 4.75. The number of hydrogen-bond donors (Lipinski definition) is 1. The summed E-state index contributed by atoms with van der Waals surface area (Å²) >= 11 is 0. The minimum Gasteiger partial charge on any atom is -0.354 e. The molecular formula is C28H31N3. The highest BCUT2D eigenvalue weighted by atomic mass is 15.3. The van der Waals surface area contributed by atoms with Crippen LogP contribution in [0.2, 0.25) is 0 Å². The molecule has 1 aliphatic rings. The van der Waals surface area contributed by atoms with E-state index in [0.717, 1.165) is 32.5 Å². The van der Waals surface area contributed by atoms with Crippen LogP contribution < -0.4 is 0 Å². The molecule has 0 saturated carbocycles. The van der Waals surface area contributed by atoms with Crippen LogP contribution in [0.15, 0.2) is 84.9 Å². The number of H-pyrrole nitrogens is 1. The third-order valence-electron chi connectivity index (χ3n) is 6.58. The summed E-state index contributed by atoms with van der Waals surface area (Å²) in [5.74, 6) is 0. The molecule has 3 aromatic carbocycles. The molecule has 31 heavy (non-hydrogen) atoms. The van der Waals surface area contributed by atoms with Gasteiger partial charge in [-0.2, -0.15) is 0 Å². The molecule has 0 bridgehead atoms. The van der Waals surface area contributed by atoms with Crippen molar-refractivity contribution in [3.05, 3.63) is 96.1 Å². The molecule has 1 aromatic heterocycles. The Labute approximate surface area is 185 Å². The summed E-state index contributed by atoms with van der Waals surface area (Å²) < 4.78 is 0. The lowest BCUT2D eigenvalue weighted by Crippen LogP contribution is -2.47. The van der Waals surface area contributed by atoms with Crippen molar-refractivity contribution < 1.29 is 0 Å². The molecule has 0 spiro atoms. The number of para-hydroxylation sites is 1. The molecule has 1 aliphatic heterocycles. The molecule has 3 heteroatoms. The Kier molecular flexibility index (Phi) is 6.15. The zero-order valence-electron chi connectivity index (χ0n) is 18.1. The van der Waals surface area contributed by atoms with Crippen molar-refractivity contribution in [2.24, 2.45) is 0 Å². The Hall–Kier alpha value is -2.88. The molecule has 3 nitrogen and oxygen atoms in total. The number of nitrogens with one attached hydrogen (secondary N) is 1. The molecule has 0 radical (unpaired) electrons. The maximum Gasteiger partial charge on any atom is 0.0497 e. The number of aromatic amines is 1. The molecular weight excluding hydrogens is 378 g/mol. The van der Waals surface area contributed by atoms with E-state index in [0.29, 0.717) is 0 Å². The van der Waals surface area contributed by atoms with Crippen molar-refractivity contribution in [1.29, 1.82) is 0 Å². The Bertz CT molecular complexity index is 1090. The first kappa shape index (κ1) is 20.0. The van der Waals surface area contributed by atoms with E-state index in [2.05, 4.69) is 99.7 Å². The van der Waals surface area contributed by atoms with Gasteiger partial charge in [-0.3, -0.25) is 0 Å². The van der Waals surface area contributed by atoms with E-state index in [9.17, 15) is 0 Å².